The maximum absolute atomic E-state index is 13.7. The van der Waals surface area contributed by atoms with Crippen molar-refractivity contribution in [1.82, 2.24) is 10.2 Å². The summed E-state index contributed by atoms with van der Waals surface area (Å²) in [6.07, 6.45) is -1.73. The molecule has 0 radical (unpaired) electrons. The van der Waals surface area contributed by atoms with Crippen LogP contribution >= 0.6 is 0 Å². The highest BCUT2D eigenvalue weighted by atomic mass is 32.2. The highest BCUT2D eigenvalue weighted by Crippen LogP contribution is 2.41. The van der Waals surface area contributed by atoms with Gasteiger partial charge in [0.2, 0.25) is 5.91 Å². The van der Waals surface area contributed by atoms with Gasteiger partial charge in [-0.15, -0.1) is 0 Å². The second-order valence-corrected chi connectivity index (χ2v) is 12.2. The molecule has 42 heavy (non-hydrogen) atoms. The molecule has 224 valence electrons. The number of likely N-dealkylation sites (tertiary alicyclic amines) is 1. The van der Waals surface area contributed by atoms with Gasteiger partial charge in [0.25, 0.3) is 11.8 Å². The van der Waals surface area contributed by atoms with Crippen molar-refractivity contribution in [3.05, 3.63) is 71.3 Å². The summed E-state index contributed by atoms with van der Waals surface area (Å²) in [5.41, 5.74) is -4.20. The van der Waals surface area contributed by atoms with Crippen LogP contribution in [0.3, 0.4) is 0 Å². The molecule has 1 saturated heterocycles. The van der Waals surface area contributed by atoms with Crippen LogP contribution in [-0.2, 0) is 41.7 Å². The van der Waals surface area contributed by atoms with Crippen LogP contribution < -0.4 is 10.2 Å². The minimum absolute atomic E-state index is 0.0418. The predicted molar refractivity (Wildman–Crippen MR) is 144 cm³/mol. The molecule has 2 N–H and O–H groups in total. The molecule has 4 rings (SSSR count). The van der Waals surface area contributed by atoms with Crippen LogP contribution in [-0.4, -0.2) is 67.5 Å². The summed E-state index contributed by atoms with van der Waals surface area (Å²) in [7, 11) is -3.47. The van der Waals surface area contributed by atoms with Gasteiger partial charge in [-0.05, 0) is 61.7 Å². The molecule has 14 heteroatoms. The van der Waals surface area contributed by atoms with Gasteiger partial charge in [-0.3, -0.25) is 19.2 Å². The van der Waals surface area contributed by atoms with E-state index < -0.39 is 62.3 Å². The third-order valence-electron chi connectivity index (χ3n) is 7.47. The maximum Gasteiger partial charge on any atom is 0.416 e. The van der Waals surface area contributed by atoms with Crippen LogP contribution in [0.25, 0.3) is 0 Å². The number of carbonyl (C=O) groups excluding carboxylic acids is 3. The van der Waals surface area contributed by atoms with Crippen molar-refractivity contribution in [3.8, 4) is 0 Å². The Morgan fingerprint density at radius 2 is 1.69 bits per heavy atom. The molecule has 0 bridgehead atoms. The Morgan fingerprint density at radius 3 is 2.24 bits per heavy atom. The van der Waals surface area contributed by atoms with Crippen molar-refractivity contribution < 1.29 is 45.9 Å². The zero-order valence-electron chi connectivity index (χ0n) is 22.6. The fourth-order valence-corrected chi connectivity index (χ4v) is 5.77. The lowest BCUT2D eigenvalue weighted by atomic mass is 9.73. The van der Waals surface area contributed by atoms with Crippen LogP contribution in [0.4, 0.5) is 18.9 Å². The minimum Gasteiger partial charge on any atom is -0.480 e. The van der Waals surface area contributed by atoms with E-state index >= 15 is 0 Å². The monoisotopic (exact) mass is 607 g/mol. The molecule has 1 fully saturated rings. The quantitative estimate of drug-likeness (QED) is 0.364. The Kier molecular flexibility index (Phi) is 8.22. The minimum atomic E-state index is -4.78. The zero-order chi connectivity index (χ0) is 31.0. The van der Waals surface area contributed by atoms with E-state index in [2.05, 4.69) is 5.32 Å². The van der Waals surface area contributed by atoms with E-state index in [9.17, 15) is 45.9 Å². The number of carboxylic acids is 1. The number of hydrogen-bond donors (Lipinski definition) is 2. The molecule has 2 aliphatic rings. The van der Waals surface area contributed by atoms with E-state index in [0.29, 0.717) is 24.5 Å². The number of carboxylic acid groups (broad SMARTS) is 1. The van der Waals surface area contributed by atoms with E-state index in [1.807, 2.05) is 0 Å². The van der Waals surface area contributed by atoms with Gasteiger partial charge < -0.3 is 20.2 Å². The molecule has 10 nitrogen and oxygen atoms in total. The highest BCUT2D eigenvalue weighted by Gasteiger charge is 2.58. The molecule has 0 spiro atoms. The lowest BCUT2D eigenvalue weighted by Gasteiger charge is -2.44. The third kappa shape index (κ3) is 5.75. The Bertz CT molecular complexity index is 1570. The van der Waals surface area contributed by atoms with Gasteiger partial charge in [0.15, 0.2) is 15.3 Å². The topological polar surface area (TPSA) is 141 Å². The number of anilines is 1. The van der Waals surface area contributed by atoms with Gasteiger partial charge in [0, 0.05) is 31.6 Å². The van der Waals surface area contributed by atoms with E-state index in [4.69, 9.17) is 0 Å². The van der Waals surface area contributed by atoms with Crippen LogP contribution in [0.5, 0.6) is 0 Å². The Hall–Kier alpha value is -4.20. The molecule has 2 aromatic rings. The van der Waals surface area contributed by atoms with Gasteiger partial charge >= 0.3 is 12.1 Å². The normalized spacial score (nSPS) is 21.2. The first kappa shape index (κ1) is 30.8. The number of carbonyl (C=O) groups is 4. The molecular formula is C28H28F3N3O7S. The van der Waals surface area contributed by atoms with Crippen molar-refractivity contribution in [1.29, 1.82) is 0 Å². The fourth-order valence-electron chi connectivity index (χ4n) is 5.14. The summed E-state index contributed by atoms with van der Waals surface area (Å²) in [4.78, 5) is 55.7. The van der Waals surface area contributed by atoms with Crippen molar-refractivity contribution in [2.75, 3.05) is 24.2 Å². The Balaban J connectivity index is 1.77. The summed E-state index contributed by atoms with van der Waals surface area (Å²) in [5, 5.41) is 12.9. The average molecular weight is 608 g/mol. The van der Waals surface area contributed by atoms with Crippen LogP contribution in [0.2, 0.25) is 0 Å². The van der Waals surface area contributed by atoms with Crippen LogP contribution in [0.1, 0.15) is 30.9 Å². The number of alkyl halides is 3. The molecule has 2 aromatic carbocycles. The van der Waals surface area contributed by atoms with Crippen molar-refractivity contribution in [3.63, 3.8) is 0 Å². The lowest BCUT2D eigenvalue weighted by Crippen LogP contribution is -2.63. The standard InChI is InChI=1S/C28H28F3N3O7S/c1-17-27(26(38)39,25(37)33-12-3-4-13-33)15-22(23(35)32-16-18-8-10-21(11-9-18)42(2,40)41)24(36)34(17)20-7-5-6-19(14-20)28(29,30)31/h5-11,14-15,17H,3-4,12-13,16H2,1-2H3,(H,32,35)(H,38,39). The number of rotatable bonds is 7. The van der Waals surface area contributed by atoms with E-state index in [1.54, 1.807) is 0 Å². The third-order valence-corrected chi connectivity index (χ3v) is 8.60. The van der Waals surface area contributed by atoms with E-state index in [1.165, 1.54) is 42.2 Å². The lowest BCUT2D eigenvalue weighted by molar-refractivity contribution is -0.158. The fraction of sp³-hybridized carbons (Fsp3) is 0.357. The zero-order valence-corrected chi connectivity index (χ0v) is 23.5. The van der Waals surface area contributed by atoms with Crippen molar-refractivity contribution in [2.24, 2.45) is 5.41 Å². The second kappa shape index (κ2) is 11.2. The maximum atomic E-state index is 13.7. The first-order valence-corrected chi connectivity index (χ1v) is 14.8. The van der Waals surface area contributed by atoms with Gasteiger partial charge in [-0.2, -0.15) is 13.2 Å². The first-order chi connectivity index (χ1) is 19.6. The number of hydrogen-bond acceptors (Lipinski definition) is 6. The van der Waals surface area contributed by atoms with Crippen molar-refractivity contribution in [2.45, 2.75) is 43.4 Å². The van der Waals surface area contributed by atoms with Gasteiger partial charge in [-0.25, -0.2) is 8.42 Å². The largest absolute Gasteiger partial charge is 0.480 e. The van der Waals surface area contributed by atoms with Crippen molar-refractivity contribution >= 4 is 39.2 Å². The molecule has 0 saturated carbocycles. The number of aliphatic carboxylic acids is 1. The summed E-state index contributed by atoms with van der Waals surface area (Å²) >= 11 is 0. The number of sulfone groups is 1. The first-order valence-electron chi connectivity index (χ1n) is 12.9. The summed E-state index contributed by atoms with van der Waals surface area (Å²) in [6, 6.07) is 7.66. The predicted octanol–water partition coefficient (Wildman–Crippen LogP) is 2.78. The molecule has 0 aliphatic carbocycles. The molecule has 3 amide bonds. The van der Waals surface area contributed by atoms with Gasteiger partial charge in [0.05, 0.1) is 16.5 Å². The molecule has 2 unspecified atom stereocenters. The molecule has 2 atom stereocenters. The van der Waals surface area contributed by atoms with E-state index in [0.717, 1.165) is 29.4 Å². The molecule has 0 aromatic heterocycles. The summed E-state index contributed by atoms with van der Waals surface area (Å²) in [5.74, 6) is -4.70. The van der Waals surface area contributed by atoms with Gasteiger partial charge in [0.1, 0.15) is 5.57 Å². The molecular weight excluding hydrogens is 579 g/mol. The number of nitrogens with one attached hydrogen (secondary N) is 1. The summed E-state index contributed by atoms with van der Waals surface area (Å²) in [6.45, 7) is 1.54. The Morgan fingerprint density at radius 1 is 1.07 bits per heavy atom. The second-order valence-electron chi connectivity index (χ2n) is 10.2. The van der Waals surface area contributed by atoms with E-state index in [-0.39, 0.29) is 30.2 Å². The molecule has 2 heterocycles. The SMILES string of the molecule is CC1N(c2cccc(C(F)(F)F)c2)C(=O)C(C(=O)NCc2ccc(S(C)(=O)=O)cc2)=CC1(C(=O)O)C(=O)N1CCCC1. The summed E-state index contributed by atoms with van der Waals surface area (Å²) < 4.78 is 64.0. The Labute approximate surface area is 239 Å². The number of amides is 3. The van der Waals surface area contributed by atoms with Crippen LogP contribution in [0, 0.1) is 5.41 Å². The number of nitrogens with zero attached hydrogens (tertiary/aromatic N) is 2. The highest BCUT2D eigenvalue weighted by molar-refractivity contribution is 7.90. The average Bonchev–Trinajstić information content (AvgIpc) is 3.46. The number of benzene rings is 2. The number of halogens is 3. The van der Waals surface area contributed by atoms with Gasteiger partial charge in [-0.1, -0.05) is 18.2 Å². The smallest absolute Gasteiger partial charge is 0.416 e. The van der Waals surface area contributed by atoms with Crippen LogP contribution in [0.15, 0.2) is 65.1 Å². The molecule has 2 aliphatic heterocycles.